The van der Waals surface area contributed by atoms with Gasteiger partial charge in [-0.15, -0.1) is 0 Å². The Balaban J connectivity index is 1.98. The van der Waals surface area contributed by atoms with E-state index in [0.29, 0.717) is 27.0 Å². The topological polar surface area (TPSA) is 114 Å². The van der Waals surface area contributed by atoms with Gasteiger partial charge >= 0.3 is 11.9 Å². The Morgan fingerprint density at radius 3 is 2.53 bits per heavy atom. The molecule has 0 heterocycles. The molecule has 38 heavy (non-hydrogen) atoms. The Kier molecular flexibility index (Phi) is 8.95. The molecule has 1 amide bonds. The summed E-state index contributed by atoms with van der Waals surface area (Å²) < 4.78 is 50.8. The van der Waals surface area contributed by atoms with Gasteiger partial charge in [0.2, 0.25) is 5.75 Å². The molecule has 0 radical (unpaired) electrons. The average molecular weight is 637 g/mol. The third kappa shape index (κ3) is 7.00. The molecule has 0 spiro atoms. The van der Waals surface area contributed by atoms with Crippen LogP contribution >= 0.6 is 22.6 Å². The maximum atomic E-state index is 13.1. The van der Waals surface area contributed by atoms with Crippen molar-refractivity contribution in [2.24, 2.45) is 0 Å². The monoisotopic (exact) mass is 637 g/mol. The van der Waals surface area contributed by atoms with Crippen LogP contribution in [0, 0.1) is 31.9 Å². The number of halogens is 4. The van der Waals surface area contributed by atoms with Crippen LogP contribution in [0.5, 0.6) is 17.2 Å². The van der Waals surface area contributed by atoms with Crippen molar-refractivity contribution in [1.82, 2.24) is 0 Å². The molecule has 0 aromatic heterocycles. The van der Waals surface area contributed by atoms with Gasteiger partial charge in [0.15, 0.2) is 11.5 Å². The third-order valence-electron chi connectivity index (χ3n) is 4.98. The fourth-order valence-corrected chi connectivity index (χ4v) is 4.04. The highest BCUT2D eigenvalue weighted by Gasteiger charge is 2.33. The average Bonchev–Trinajstić information content (AvgIpc) is 2.84. The summed E-state index contributed by atoms with van der Waals surface area (Å²) in [6.07, 6.45) is -3.44. The van der Waals surface area contributed by atoms with Crippen molar-refractivity contribution >= 4 is 45.9 Å². The summed E-state index contributed by atoms with van der Waals surface area (Å²) in [6, 6.07) is 13.8. The number of carbonyl (C=O) groups excluding carboxylic acids is 1. The van der Waals surface area contributed by atoms with Gasteiger partial charge in [0.25, 0.3) is 5.91 Å². The lowest BCUT2D eigenvalue weighted by Crippen LogP contribution is -2.13. The summed E-state index contributed by atoms with van der Waals surface area (Å²) in [5, 5.41) is 23.7. The Labute approximate surface area is 229 Å². The van der Waals surface area contributed by atoms with Crippen LogP contribution in [-0.4, -0.2) is 17.4 Å². The molecule has 3 aromatic carbocycles. The van der Waals surface area contributed by atoms with Gasteiger partial charge in [-0.2, -0.15) is 18.4 Å². The number of aryl methyl sites for hydroxylation is 1. The summed E-state index contributed by atoms with van der Waals surface area (Å²) in [5.41, 5.74) is -0.432. The largest absolute Gasteiger partial charge is 0.490 e. The lowest BCUT2D eigenvalue weighted by atomic mass is 10.1. The molecule has 0 aliphatic rings. The standard InChI is InChI=1S/C26H19F3IN3O5/c1-3-37-23-12-16(10-17(14-31)25(34)32-19-6-4-5-15(2)9-19)11-20(30)24(23)38-22-8-7-18(26(27,28)29)13-21(22)33(35)36/h4-13H,3H2,1-2H3,(H,32,34)/b17-10+. The SMILES string of the molecule is CCOc1cc(/C=C(\C#N)C(=O)Nc2cccc(C)c2)cc(I)c1Oc1ccc(C(F)(F)F)cc1[N+](=O)[O-]. The summed E-state index contributed by atoms with van der Waals surface area (Å²) >= 11 is 1.86. The minimum Gasteiger partial charge on any atom is -0.490 e. The number of rotatable bonds is 8. The van der Waals surface area contributed by atoms with E-state index in [9.17, 15) is 33.3 Å². The Morgan fingerprint density at radius 2 is 1.92 bits per heavy atom. The fourth-order valence-electron chi connectivity index (χ4n) is 3.30. The van der Waals surface area contributed by atoms with E-state index in [1.165, 1.54) is 18.2 Å². The van der Waals surface area contributed by atoms with Gasteiger partial charge < -0.3 is 14.8 Å². The van der Waals surface area contributed by atoms with Crippen LogP contribution in [0.25, 0.3) is 6.08 Å². The molecule has 0 aliphatic carbocycles. The lowest BCUT2D eigenvalue weighted by Gasteiger charge is -2.15. The molecule has 3 aromatic rings. The first-order valence-electron chi connectivity index (χ1n) is 10.9. The van der Waals surface area contributed by atoms with Gasteiger partial charge in [0.1, 0.15) is 11.6 Å². The summed E-state index contributed by atoms with van der Waals surface area (Å²) in [4.78, 5) is 23.1. The van der Waals surface area contributed by atoms with Gasteiger partial charge in [0.05, 0.1) is 20.7 Å². The minimum absolute atomic E-state index is 0.0233. The third-order valence-corrected chi connectivity index (χ3v) is 5.78. The molecule has 0 bridgehead atoms. The molecular weight excluding hydrogens is 618 g/mol. The van der Waals surface area contributed by atoms with Crippen LogP contribution in [-0.2, 0) is 11.0 Å². The summed E-state index contributed by atoms with van der Waals surface area (Å²) in [5.74, 6) is -0.918. The van der Waals surface area contributed by atoms with Crippen LogP contribution in [0.3, 0.4) is 0 Å². The first kappa shape index (κ1) is 28.5. The molecule has 3 rings (SSSR count). The highest BCUT2D eigenvalue weighted by molar-refractivity contribution is 14.1. The van der Waals surface area contributed by atoms with Crippen LogP contribution in [0.15, 0.2) is 60.2 Å². The molecule has 0 atom stereocenters. The fraction of sp³-hybridized carbons (Fsp3) is 0.154. The molecule has 0 saturated heterocycles. The number of nitrogens with one attached hydrogen (secondary N) is 1. The molecular formula is C26H19F3IN3O5. The highest BCUT2D eigenvalue weighted by atomic mass is 127. The van der Waals surface area contributed by atoms with Crippen molar-refractivity contribution in [1.29, 1.82) is 5.26 Å². The van der Waals surface area contributed by atoms with Crippen LogP contribution in [0.4, 0.5) is 24.5 Å². The van der Waals surface area contributed by atoms with Crippen LogP contribution in [0.2, 0.25) is 0 Å². The van der Waals surface area contributed by atoms with Crippen LogP contribution < -0.4 is 14.8 Å². The van der Waals surface area contributed by atoms with E-state index in [1.807, 2.05) is 41.7 Å². The van der Waals surface area contributed by atoms with Crippen molar-refractivity contribution < 1.29 is 32.4 Å². The first-order chi connectivity index (χ1) is 17.9. The zero-order valence-corrected chi connectivity index (χ0v) is 22.1. The molecule has 0 saturated carbocycles. The van der Waals surface area contributed by atoms with Gasteiger partial charge in [0, 0.05) is 11.8 Å². The summed E-state index contributed by atoms with van der Waals surface area (Å²) in [6.45, 7) is 3.69. The second-order valence-electron chi connectivity index (χ2n) is 7.80. The maximum Gasteiger partial charge on any atom is 0.416 e. The Hall–Kier alpha value is -4.12. The number of hydrogen-bond acceptors (Lipinski definition) is 6. The number of hydrogen-bond donors (Lipinski definition) is 1. The first-order valence-corrected chi connectivity index (χ1v) is 12.0. The summed E-state index contributed by atoms with van der Waals surface area (Å²) in [7, 11) is 0. The van der Waals surface area contributed by atoms with Crippen LogP contribution in [0.1, 0.15) is 23.6 Å². The van der Waals surface area contributed by atoms with E-state index in [2.05, 4.69) is 5.32 Å². The van der Waals surface area contributed by atoms with Gasteiger partial charge in [-0.3, -0.25) is 14.9 Å². The number of nitrogens with zero attached hydrogens (tertiary/aromatic N) is 2. The van der Waals surface area contributed by atoms with Gasteiger partial charge in [-0.25, -0.2) is 0 Å². The van der Waals surface area contributed by atoms with Crippen molar-refractivity contribution in [2.75, 3.05) is 11.9 Å². The van der Waals surface area contributed by atoms with E-state index in [4.69, 9.17) is 9.47 Å². The number of anilines is 1. The predicted molar refractivity (Wildman–Crippen MR) is 142 cm³/mol. The smallest absolute Gasteiger partial charge is 0.416 e. The molecule has 12 heteroatoms. The number of nitro benzene ring substituents is 1. The Morgan fingerprint density at radius 1 is 1.18 bits per heavy atom. The second-order valence-corrected chi connectivity index (χ2v) is 8.96. The van der Waals surface area contributed by atoms with E-state index < -0.39 is 34.0 Å². The molecule has 0 aliphatic heterocycles. The number of benzene rings is 3. The van der Waals surface area contributed by atoms with E-state index in [1.54, 1.807) is 25.1 Å². The van der Waals surface area contributed by atoms with E-state index >= 15 is 0 Å². The lowest BCUT2D eigenvalue weighted by molar-refractivity contribution is -0.385. The van der Waals surface area contributed by atoms with E-state index in [0.717, 1.165) is 11.6 Å². The number of carbonyl (C=O) groups is 1. The zero-order chi connectivity index (χ0) is 28.0. The normalized spacial score (nSPS) is 11.4. The van der Waals surface area contributed by atoms with Crippen molar-refractivity contribution in [3.05, 3.63) is 90.5 Å². The van der Waals surface area contributed by atoms with Crippen molar-refractivity contribution in [3.63, 3.8) is 0 Å². The van der Waals surface area contributed by atoms with Gasteiger partial charge in [-0.1, -0.05) is 12.1 Å². The van der Waals surface area contributed by atoms with Gasteiger partial charge in [-0.05, 0) is 90.0 Å². The molecule has 1 N–H and O–H groups in total. The number of amides is 1. The van der Waals surface area contributed by atoms with Crippen molar-refractivity contribution in [3.8, 4) is 23.3 Å². The number of nitro groups is 1. The predicted octanol–water partition coefficient (Wildman–Crippen LogP) is 7.26. The number of alkyl halides is 3. The quantitative estimate of drug-likeness (QED) is 0.0915. The Bertz CT molecular complexity index is 1470. The minimum atomic E-state index is -4.77. The molecule has 196 valence electrons. The van der Waals surface area contributed by atoms with Crippen molar-refractivity contribution in [2.45, 2.75) is 20.0 Å². The molecule has 8 nitrogen and oxygen atoms in total. The molecule has 0 fully saturated rings. The number of ether oxygens (including phenoxy) is 2. The maximum absolute atomic E-state index is 13.1. The zero-order valence-electron chi connectivity index (χ0n) is 19.9. The number of nitriles is 1. The highest BCUT2D eigenvalue weighted by Crippen LogP contribution is 2.42. The molecule has 0 unspecified atom stereocenters. The second kappa shape index (κ2) is 12.0. The van der Waals surface area contributed by atoms with E-state index in [-0.39, 0.29) is 23.7 Å².